The van der Waals surface area contributed by atoms with E-state index >= 15 is 0 Å². The smallest absolute Gasteiger partial charge is 0.225 e. The lowest BCUT2D eigenvalue weighted by Gasteiger charge is -2.04. The number of carbonyl (C=O) groups excluding carboxylic acids is 1. The number of amides is 1. The second-order valence-electron chi connectivity index (χ2n) is 4.63. The molecule has 1 aromatic rings. The Bertz CT molecular complexity index is 385. The summed E-state index contributed by atoms with van der Waals surface area (Å²) in [5.41, 5.74) is 0. The number of hydrogen-bond donors (Lipinski definition) is 1. The molecule has 19 heavy (non-hydrogen) atoms. The van der Waals surface area contributed by atoms with Crippen molar-refractivity contribution in [2.75, 3.05) is 5.32 Å². The van der Waals surface area contributed by atoms with Gasteiger partial charge in [-0.2, -0.15) is 0 Å². The maximum atomic E-state index is 11.6. The van der Waals surface area contributed by atoms with Crippen LogP contribution in [0, 0.1) is 0 Å². The summed E-state index contributed by atoms with van der Waals surface area (Å²) >= 11 is 5.64. The van der Waals surface area contributed by atoms with Crippen molar-refractivity contribution in [1.82, 2.24) is 9.97 Å². The molecule has 0 bridgehead atoms. The third-order valence-electron chi connectivity index (χ3n) is 2.90. The van der Waals surface area contributed by atoms with E-state index in [0.717, 1.165) is 12.8 Å². The van der Waals surface area contributed by atoms with Crippen LogP contribution in [0.3, 0.4) is 0 Å². The van der Waals surface area contributed by atoms with Crippen molar-refractivity contribution in [2.45, 2.75) is 58.3 Å². The van der Waals surface area contributed by atoms with E-state index in [1.807, 2.05) is 0 Å². The first-order chi connectivity index (χ1) is 9.22. The van der Waals surface area contributed by atoms with Crippen LogP contribution >= 0.6 is 11.6 Å². The Morgan fingerprint density at radius 2 is 1.89 bits per heavy atom. The molecule has 0 atom stereocenters. The van der Waals surface area contributed by atoms with Crippen LogP contribution < -0.4 is 5.32 Å². The monoisotopic (exact) mass is 283 g/mol. The van der Waals surface area contributed by atoms with Gasteiger partial charge in [-0.05, 0) is 24.1 Å². The number of nitrogens with zero attached hydrogens (tertiary/aromatic N) is 2. The van der Waals surface area contributed by atoms with Gasteiger partial charge in [0, 0.05) is 12.6 Å². The molecule has 1 amide bonds. The number of hydrogen-bond acceptors (Lipinski definition) is 3. The highest BCUT2D eigenvalue weighted by Crippen LogP contribution is 2.10. The summed E-state index contributed by atoms with van der Waals surface area (Å²) < 4.78 is 0. The first-order valence-electron chi connectivity index (χ1n) is 7.00. The molecule has 0 aromatic carbocycles. The average molecular weight is 284 g/mol. The highest BCUT2D eigenvalue weighted by molar-refractivity contribution is 6.28. The molecule has 4 nitrogen and oxygen atoms in total. The van der Waals surface area contributed by atoms with Crippen molar-refractivity contribution < 1.29 is 4.79 Å². The molecule has 0 fully saturated rings. The normalized spacial score (nSPS) is 10.4. The third-order valence-corrected chi connectivity index (χ3v) is 3.08. The molecule has 0 saturated heterocycles. The summed E-state index contributed by atoms with van der Waals surface area (Å²) in [4.78, 5) is 19.3. The van der Waals surface area contributed by atoms with Gasteiger partial charge in [0.25, 0.3) is 0 Å². The number of carbonyl (C=O) groups is 1. The molecule has 0 spiro atoms. The average Bonchev–Trinajstić information content (AvgIpc) is 2.37. The first-order valence-corrected chi connectivity index (χ1v) is 7.38. The lowest BCUT2D eigenvalue weighted by Crippen LogP contribution is -2.12. The minimum absolute atomic E-state index is 0.0108. The Kier molecular flexibility index (Phi) is 8.14. The second-order valence-corrected chi connectivity index (χ2v) is 4.97. The molecule has 0 aliphatic heterocycles. The fourth-order valence-electron chi connectivity index (χ4n) is 1.85. The molecule has 5 heteroatoms. The van der Waals surface area contributed by atoms with Gasteiger partial charge >= 0.3 is 0 Å². The van der Waals surface area contributed by atoms with Crippen LogP contribution in [0.2, 0.25) is 5.28 Å². The van der Waals surface area contributed by atoms with Gasteiger partial charge in [0.1, 0.15) is 5.82 Å². The number of nitrogens with one attached hydrogen (secondary N) is 1. The molecule has 1 heterocycles. The van der Waals surface area contributed by atoms with Crippen LogP contribution in [0.5, 0.6) is 0 Å². The predicted octanol–water partition coefficient (Wildman–Crippen LogP) is 4.21. The van der Waals surface area contributed by atoms with Crippen LogP contribution in [0.25, 0.3) is 0 Å². The van der Waals surface area contributed by atoms with Crippen molar-refractivity contribution >= 4 is 23.3 Å². The van der Waals surface area contributed by atoms with Crippen LogP contribution in [-0.2, 0) is 4.79 Å². The Morgan fingerprint density at radius 1 is 1.21 bits per heavy atom. The van der Waals surface area contributed by atoms with Gasteiger partial charge in [-0.25, -0.2) is 9.97 Å². The van der Waals surface area contributed by atoms with Gasteiger partial charge < -0.3 is 5.32 Å². The molecule has 1 rings (SSSR count). The second kappa shape index (κ2) is 9.73. The van der Waals surface area contributed by atoms with E-state index in [1.54, 1.807) is 6.07 Å². The van der Waals surface area contributed by atoms with Crippen molar-refractivity contribution in [3.8, 4) is 0 Å². The van der Waals surface area contributed by atoms with E-state index in [-0.39, 0.29) is 11.2 Å². The lowest BCUT2D eigenvalue weighted by molar-refractivity contribution is -0.116. The van der Waals surface area contributed by atoms with Gasteiger partial charge in [0.2, 0.25) is 11.2 Å². The standard InChI is InChI=1S/C14H22ClN3O/c1-2-3-4-5-6-7-8-9-13(19)17-12-10-11-16-14(15)18-12/h10-11H,2-9H2,1H3,(H,16,17,18,19). The summed E-state index contributed by atoms with van der Waals surface area (Å²) in [7, 11) is 0. The van der Waals surface area contributed by atoms with E-state index < -0.39 is 0 Å². The Labute approximate surface area is 120 Å². The number of halogens is 1. The molecule has 1 N–H and O–H groups in total. The summed E-state index contributed by atoms with van der Waals surface area (Å²) in [5, 5.41) is 2.87. The van der Waals surface area contributed by atoms with Crippen molar-refractivity contribution in [1.29, 1.82) is 0 Å². The fourth-order valence-corrected chi connectivity index (χ4v) is 2.00. The lowest BCUT2D eigenvalue weighted by atomic mass is 10.1. The molecule has 0 saturated carbocycles. The SMILES string of the molecule is CCCCCCCCCC(=O)Nc1ccnc(Cl)n1. The minimum Gasteiger partial charge on any atom is -0.311 e. The molecule has 0 unspecified atom stereocenters. The van der Waals surface area contributed by atoms with Crippen molar-refractivity contribution in [2.24, 2.45) is 0 Å². The molecular formula is C14H22ClN3O. The zero-order valence-electron chi connectivity index (χ0n) is 11.5. The first kappa shape index (κ1) is 15.9. The summed E-state index contributed by atoms with van der Waals surface area (Å²) in [6.45, 7) is 2.21. The van der Waals surface area contributed by atoms with E-state index in [2.05, 4.69) is 22.2 Å². The maximum absolute atomic E-state index is 11.6. The summed E-state index contributed by atoms with van der Waals surface area (Å²) in [6.07, 6.45) is 10.5. The zero-order chi connectivity index (χ0) is 13.9. The molecule has 0 aliphatic carbocycles. The van der Waals surface area contributed by atoms with E-state index in [0.29, 0.717) is 12.2 Å². The highest BCUT2D eigenvalue weighted by Gasteiger charge is 2.03. The largest absolute Gasteiger partial charge is 0.311 e. The van der Waals surface area contributed by atoms with E-state index in [9.17, 15) is 4.79 Å². The Hall–Kier alpha value is -1.16. The molecule has 0 aliphatic rings. The fraction of sp³-hybridized carbons (Fsp3) is 0.643. The topological polar surface area (TPSA) is 54.9 Å². The predicted molar refractivity (Wildman–Crippen MR) is 78.3 cm³/mol. The number of unbranched alkanes of at least 4 members (excludes halogenated alkanes) is 6. The summed E-state index contributed by atoms with van der Waals surface area (Å²) in [6, 6.07) is 1.63. The van der Waals surface area contributed by atoms with Crippen LogP contribution in [0.15, 0.2) is 12.3 Å². The van der Waals surface area contributed by atoms with Crippen LogP contribution in [0.4, 0.5) is 5.82 Å². The zero-order valence-corrected chi connectivity index (χ0v) is 12.2. The molecular weight excluding hydrogens is 262 g/mol. The molecule has 0 radical (unpaired) electrons. The molecule has 106 valence electrons. The van der Waals surface area contributed by atoms with Gasteiger partial charge in [0.15, 0.2) is 0 Å². The van der Waals surface area contributed by atoms with Gasteiger partial charge in [-0.1, -0.05) is 45.4 Å². The van der Waals surface area contributed by atoms with Crippen LogP contribution in [-0.4, -0.2) is 15.9 Å². The quantitative estimate of drug-likeness (QED) is 0.545. The molecule has 1 aromatic heterocycles. The maximum Gasteiger partial charge on any atom is 0.225 e. The van der Waals surface area contributed by atoms with Crippen LogP contribution in [0.1, 0.15) is 58.3 Å². The summed E-state index contributed by atoms with van der Waals surface area (Å²) in [5.74, 6) is 0.455. The van der Waals surface area contributed by atoms with E-state index in [4.69, 9.17) is 11.6 Å². The Balaban J connectivity index is 2.08. The van der Waals surface area contributed by atoms with Gasteiger partial charge in [-0.15, -0.1) is 0 Å². The number of rotatable bonds is 9. The highest BCUT2D eigenvalue weighted by atomic mass is 35.5. The van der Waals surface area contributed by atoms with Gasteiger partial charge in [0.05, 0.1) is 0 Å². The van der Waals surface area contributed by atoms with E-state index in [1.165, 1.54) is 38.3 Å². The third kappa shape index (κ3) is 7.78. The minimum atomic E-state index is -0.0108. The van der Waals surface area contributed by atoms with Gasteiger partial charge in [-0.3, -0.25) is 4.79 Å². The number of anilines is 1. The Morgan fingerprint density at radius 3 is 2.58 bits per heavy atom. The van der Waals surface area contributed by atoms with Crippen molar-refractivity contribution in [3.05, 3.63) is 17.5 Å². The van der Waals surface area contributed by atoms with Crippen molar-refractivity contribution in [3.63, 3.8) is 0 Å². The number of aromatic nitrogens is 2.